The Hall–Kier alpha value is -2.18. The fourth-order valence-corrected chi connectivity index (χ4v) is 3.77. The molecule has 1 N–H and O–H groups in total. The minimum absolute atomic E-state index is 0.184. The number of thioether (sulfide) groups is 1. The lowest BCUT2D eigenvalue weighted by atomic mass is 10.2. The molecule has 3 rings (SSSR count). The lowest BCUT2D eigenvalue weighted by Gasteiger charge is -2.22. The first-order valence-electron chi connectivity index (χ1n) is 7.75. The molecule has 0 unspecified atom stereocenters. The van der Waals surface area contributed by atoms with Gasteiger partial charge in [0.25, 0.3) is 0 Å². The third-order valence-corrected chi connectivity index (χ3v) is 4.96. The zero-order valence-corrected chi connectivity index (χ0v) is 14.9. The van der Waals surface area contributed by atoms with Crippen molar-refractivity contribution in [3.8, 4) is 0 Å². The van der Waals surface area contributed by atoms with E-state index in [9.17, 15) is 9.59 Å². The molecule has 2 aromatic carbocycles. The van der Waals surface area contributed by atoms with Crippen molar-refractivity contribution in [3.63, 3.8) is 0 Å². The molecule has 25 heavy (non-hydrogen) atoms. The Morgan fingerprint density at radius 2 is 2.00 bits per heavy atom. The normalized spacial score (nSPS) is 16.5. The molecular formula is C18H17ClN2O3S. The molecule has 5 nitrogen and oxygen atoms in total. The van der Waals surface area contributed by atoms with Crippen LogP contribution >= 0.6 is 23.4 Å². The third kappa shape index (κ3) is 4.67. The van der Waals surface area contributed by atoms with Crippen LogP contribution in [0.25, 0.3) is 0 Å². The van der Waals surface area contributed by atoms with E-state index >= 15 is 0 Å². The van der Waals surface area contributed by atoms with Gasteiger partial charge in [-0.05, 0) is 23.8 Å². The molecule has 0 aromatic heterocycles. The highest BCUT2D eigenvalue weighted by Gasteiger charge is 2.35. The summed E-state index contributed by atoms with van der Waals surface area (Å²) in [7, 11) is 0. The van der Waals surface area contributed by atoms with Gasteiger partial charge < -0.3 is 10.1 Å². The molecule has 0 saturated carbocycles. The second-order valence-corrected chi connectivity index (χ2v) is 6.96. The van der Waals surface area contributed by atoms with Gasteiger partial charge in [-0.2, -0.15) is 0 Å². The van der Waals surface area contributed by atoms with Crippen molar-refractivity contribution in [2.75, 3.05) is 16.9 Å². The molecule has 130 valence electrons. The van der Waals surface area contributed by atoms with E-state index in [0.29, 0.717) is 22.3 Å². The largest absolute Gasteiger partial charge is 0.445 e. The number of carbonyl (C=O) groups is 2. The molecule has 1 aliphatic rings. The van der Waals surface area contributed by atoms with E-state index in [1.807, 2.05) is 30.3 Å². The molecule has 2 amide bonds. The van der Waals surface area contributed by atoms with Crippen LogP contribution in [0.4, 0.5) is 10.5 Å². The first-order chi connectivity index (χ1) is 12.1. The molecule has 0 bridgehead atoms. The average molecular weight is 377 g/mol. The lowest BCUT2D eigenvalue weighted by molar-refractivity contribution is -0.119. The summed E-state index contributed by atoms with van der Waals surface area (Å²) in [5, 5.41) is 3.34. The first kappa shape index (κ1) is 17.6. The predicted molar refractivity (Wildman–Crippen MR) is 99.7 cm³/mol. The van der Waals surface area contributed by atoms with Crippen LogP contribution in [0.2, 0.25) is 5.02 Å². The van der Waals surface area contributed by atoms with E-state index in [2.05, 4.69) is 5.32 Å². The zero-order valence-electron chi connectivity index (χ0n) is 13.4. The van der Waals surface area contributed by atoms with E-state index in [1.54, 1.807) is 24.3 Å². The van der Waals surface area contributed by atoms with Crippen molar-refractivity contribution in [3.05, 3.63) is 65.2 Å². The van der Waals surface area contributed by atoms with Gasteiger partial charge in [0.2, 0.25) is 5.91 Å². The molecule has 1 fully saturated rings. The maximum absolute atomic E-state index is 12.5. The van der Waals surface area contributed by atoms with Gasteiger partial charge in [0, 0.05) is 16.5 Å². The van der Waals surface area contributed by atoms with Gasteiger partial charge in [-0.1, -0.05) is 48.0 Å². The smallest absolute Gasteiger partial charge is 0.411 e. The molecule has 7 heteroatoms. The number of hydrogen-bond acceptors (Lipinski definition) is 4. The SMILES string of the molecule is O=C(Nc1cccc(Cl)c1)[C@H]1CSCN1C(=O)OCc1ccccc1. The summed E-state index contributed by atoms with van der Waals surface area (Å²) in [5.41, 5.74) is 1.51. The quantitative estimate of drug-likeness (QED) is 0.876. The van der Waals surface area contributed by atoms with Gasteiger partial charge in [-0.15, -0.1) is 11.8 Å². The average Bonchev–Trinajstić information content (AvgIpc) is 3.10. The van der Waals surface area contributed by atoms with Crippen LogP contribution in [-0.4, -0.2) is 34.6 Å². The number of halogens is 1. The number of amides is 2. The van der Waals surface area contributed by atoms with Gasteiger partial charge in [0.1, 0.15) is 12.6 Å². The standard InChI is InChI=1S/C18H17ClN2O3S/c19-14-7-4-8-15(9-14)20-17(22)16-11-25-12-21(16)18(23)24-10-13-5-2-1-3-6-13/h1-9,16H,10-12H2,(H,20,22)/t16-/m1/s1. The molecule has 1 saturated heterocycles. The first-order valence-corrected chi connectivity index (χ1v) is 9.28. The number of ether oxygens (including phenoxy) is 1. The minimum Gasteiger partial charge on any atom is -0.445 e. The van der Waals surface area contributed by atoms with E-state index < -0.39 is 12.1 Å². The number of nitrogens with one attached hydrogen (secondary N) is 1. The van der Waals surface area contributed by atoms with Crippen LogP contribution in [0.15, 0.2) is 54.6 Å². The number of rotatable bonds is 4. The van der Waals surface area contributed by atoms with Crippen LogP contribution in [0.3, 0.4) is 0 Å². The van der Waals surface area contributed by atoms with Crippen molar-refractivity contribution in [1.29, 1.82) is 0 Å². The van der Waals surface area contributed by atoms with Crippen LogP contribution in [0.5, 0.6) is 0 Å². The number of anilines is 1. The fraction of sp³-hybridized carbons (Fsp3) is 0.222. The van der Waals surface area contributed by atoms with Crippen molar-refractivity contribution in [2.24, 2.45) is 0 Å². The van der Waals surface area contributed by atoms with E-state index in [1.165, 1.54) is 16.7 Å². The fourth-order valence-electron chi connectivity index (χ4n) is 2.43. The second kappa shape index (κ2) is 8.27. The lowest BCUT2D eigenvalue weighted by Crippen LogP contribution is -2.44. The molecule has 0 aliphatic carbocycles. The molecular weight excluding hydrogens is 360 g/mol. The second-order valence-electron chi connectivity index (χ2n) is 5.53. The highest BCUT2D eigenvalue weighted by Crippen LogP contribution is 2.24. The van der Waals surface area contributed by atoms with Gasteiger partial charge in [0.05, 0.1) is 5.88 Å². The maximum atomic E-state index is 12.5. The summed E-state index contributed by atoms with van der Waals surface area (Å²) in [4.78, 5) is 26.3. The monoisotopic (exact) mass is 376 g/mol. The molecule has 0 radical (unpaired) electrons. The molecule has 1 aliphatic heterocycles. The molecule has 1 heterocycles. The Balaban J connectivity index is 1.59. The number of benzene rings is 2. The number of nitrogens with zero attached hydrogens (tertiary/aromatic N) is 1. The van der Waals surface area contributed by atoms with Crippen molar-refractivity contribution in [1.82, 2.24) is 4.90 Å². The molecule has 2 aromatic rings. The van der Waals surface area contributed by atoms with Crippen molar-refractivity contribution < 1.29 is 14.3 Å². The summed E-state index contributed by atoms with van der Waals surface area (Å²) < 4.78 is 5.33. The minimum atomic E-state index is -0.563. The summed E-state index contributed by atoms with van der Waals surface area (Å²) in [6, 6.07) is 15.8. The van der Waals surface area contributed by atoms with Crippen LogP contribution < -0.4 is 5.32 Å². The Kier molecular flexibility index (Phi) is 5.83. The summed E-state index contributed by atoms with van der Waals surface area (Å²) >= 11 is 7.45. The number of hydrogen-bond donors (Lipinski definition) is 1. The highest BCUT2D eigenvalue weighted by atomic mass is 35.5. The maximum Gasteiger partial charge on any atom is 0.411 e. The topological polar surface area (TPSA) is 58.6 Å². The summed E-state index contributed by atoms with van der Waals surface area (Å²) in [6.45, 7) is 0.184. The van der Waals surface area contributed by atoms with Gasteiger partial charge in [-0.25, -0.2) is 4.79 Å². The van der Waals surface area contributed by atoms with Crippen LogP contribution in [0, 0.1) is 0 Å². The Morgan fingerprint density at radius 3 is 2.76 bits per heavy atom. The van der Waals surface area contributed by atoms with Gasteiger partial charge in [-0.3, -0.25) is 9.69 Å². The van der Waals surface area contributed by atoms with Crippen LogP contribution in [-0.2, 0) is 16.1 Å². The summed E-state index contributed by atoms with van der Waals surface area (Å²) in [5.74, 6) is 0.720. The van der Waals surface area contributed by atoms with E-state index in [-0.39, 0.29) is 12.5 Å². The Labute approximate surface area is 155 Å². The molecule has 0 spiro atoms. The van der Waals surface area contributed by atoms with Crippen molar-refractivity contribution >= 4 is 41.1 Å². The van der Waals surface area contributed by atoms with E-state index in [0.717, 1.165) is 5.56 Å². The van der Waals surface area contributed by atoms with E-state index in [4.69, 9.17) is 16.3 Å². The Bertz CT molecular complexity index is 757. The number of carbonyl (C=O) groups excluding carboxylic acids is 2. The highest BCUT2D eigenvalue weighted by molar-refractivity contribution is 7.99. The zero-order chi connectivity index (χ0) is 17.6. The van der Waals surface area contributed by atoms with Crippen LogP contribution in [0.1, 0.15) is 5.56 Å². The van der Waals surface area contributed by atoms with Gasteiger partial charge in [0.15, 0.2) is 0 Å². The summed E-state index contributed by atoms with van der Waals surface area (Å²) in [6.07, 6.45) is -0.486. The van der Waals surface area contributed by atoms with Gasteiger partial charge >= 0.3 is 6.09 Å². The Morgan fingerprint density at radius 1 is 1.20 bits per heavy atom. The molecule has 1 atom stereocenters. The third-order valence-electron chi connectivity index (χ3n) is 3.72. The predicted octanol–water partition coefficient (Wildman–Crippen LogP) is 3.99. The van der Waals surface area contributed by atoms with Crippen molar-refractivity contribution in [2.45, 2.75) is 12.6 Å².